The monoisotopic (exact) mass is 514 g/mol. The molecule has 1 N–H and O–H groups in total. The van der Waals surface area contributed by atoms with E-state index in [9.17, 15) is 0 Å². The van der Waals surface area contributed by atoms with E-state index in [4.69, 9.17) is 9.73 Å². The summed E-state index contributed by atoms with van der Waals surface area (Å²) in [6.07, 6.45) is 3.73. The summed E-state index contributed by atoms with van der Waals surface area (Å²) in [5.41, 5.74) is 1.38. The summed E-state index contributed by atoms with van der Waals surface area (Å²) in [5, 5.41) is 3.49. The fourth-order valence-electron chi connectivity index (χ4n) is 4.29. The average Bonchev–Trinajstić information content (AvgIpc) is 3.22. The summed E-state index contributed by atoms with van der Waals surface area (Å²) in [7, 11) is 2.15. The molecule has 164 valence electrons. The van der Waals surface area contributed by atoms with Crippen LogP contribution < -0.4 is 5.32 Å². The molecule has 2 heterocycles. The molecular formula is C23H39IN4O. The molecule has 6 heteroatoms. The van der Waals surface area contributed by atoms with Crippen molar-refractivity contribution < 1.29 is 4.74 Å². The minimum absolute atomic E-state index is 0. The SMILES string of the molecule is CCNC(=NCC(c1ccccc1)N1CCC(C)CC1)N(C)CC1CCOC1.I. The molecule has 0 radical (unpaired) electrons. The van der Waals surface area contributed by atoms with E-state index in [-0.39, 0.29) is 24.0 Å². The third kappa shape index (κ3) is 7.40. The fraction of sp³-hybridized carbons (Fsp3) is 0.696. The molecule has 0 aliphatic carbocycles. The number of likely N-dealkylation sites (tertiary alicyclic amines) is 1. The van der Waals surface area contributed by atoms with Crippen molar-refractivity contribution in [1.29, 1.82) is 0 Å². The van der Waals surface area contributed by atoms with E-state index in [1.165, 1.54) is 31.5 Å². The maximum Gasteiger partial charge on any atom is 0.193 e. The second kappa shape index (κ2) is 12.7. The Morgan fingerprint density at radius 1 is 1.24 bits per heavy atom. The van der Waals surface area contributed by atoms with Crippen molar-refractivity contribution in [2.75, 3.05) is 53.0 Å². The number of hydrogen-bond donors (Lipinski definition) is 1. The number of aliphatic imine (C=N–C) groups is 1. The van der Waals surface area contributed by atoms with Crippen LogP contribution in [0.2, 0.25) is 0 Å². The van der Waals surface area contributed by atoms with Crippen LogP contribution in [-0.2, 0) is 4.74 Å². The minimum Gasteiger partial charge on any atom is -0.381 e. The van der Waals surface area contributed by atoms with Crippen LogP contribution in [-0.4, -0.2) is 68.7 Å². The summed E-state index contributed by atoms with van der Waals surface area (Å²) in [4.78, 5) is 9.99. The molecule has 2 aliphatic rings. The minimum atomic E-state index is 0. The van der Waals surface area contributed by atoms with Crippen molar-refractivity contribution in [3.05, 3.63) is 35.9 Å². The van der Waals surface area contributed by atoms with E-state index in [1.54, 1.807) is 0 Å². The average molecular weight is 514 g/mol. The lowest BCUT2D eigenvalue weighted by molar-refractivity contribution is 0.141. The molecule has 2 atom stereocenters. The Hall–Kier alpha value is -0.860. The van der Waals surface area contributed by atoms with Crippen molar-refractivity contribution in [2.24, 2.45) is 16.8 Å². The highest BCUT2D eigenvalue weighted by Crippen LogP contribution is 2.27. The zero-order valence-corrected chi connectivity index (χ0v) is 20.7. The van der Waals surface area contributed by atoms with Gasteiger partial charge in [-0.2, -0.15) is 0 Å². The van der Waals surface area contributed by atoms with Gasteiger partial charge in [-0.25, -0.2) is 0 Å². The molecule has 1 aromatic carbocycles. The van der Waals surface area contributed by atoms with E-state index in [2.05, 4.69) is 66.3 Å². The number of halogens is 1. The summed E-state index contributed by atoms with van der Waals surface area (Å²) in [6.45, 7) is 11.3. The number of benzene rings is 1. The van der Waals surface area contributed by atoms with Gasteiger partial charge in [-0.05, 0) is 50.8 Å². The second-order valence-corrected chi connectivity index (χ2v) is 8.45. The topological polar surface area (TPSA) is 40.1 Å². The van der Waals surface area contributed by atoms with Gasteiger partial charge in [0, 0.05) is 32.7 Å². The van der Waals surface area contributed by atoms with Crippen LogP contribution in [0.15, 0.2) is 35.3 Å². The molecule has 0 saturated carbocycles. The Morgan fingerprint density at radius 3 is 2.59 bits per heavy atom. The van der Waals surface area contributed by atoms with E-state index in [0.717, 1.165) is 51.1 Å². The van der Waals surface area contributed by atoms with Gasteiger partial charge in [-0.1, -0.05) is 37.3 Å². The molecule has 0 bridgehead atoms. The molecule has 1 aromatic rings. The lowest BCUT2D eigenvalue weighted by atomic mass is 9.96. The predicted molar refractivity (Wildman–Crippen MR) is 132 cm³/mol. The van der Waals surface area contributed by atoms with Crippen molar-refractivity contribution in [1.82, 2.24) is 15.1 Å². The van der Waals surface area contributed by atoms with Crippen LogP contribution >= 0.6 is 24.0 Å². The molecule has 0 spiro atoms. The second-order valence-electron chi connectivity index (χ2n) is 8.45. The van der Waals surface area contributed by atoms with Gasteiger partial charge in [-0.3, -0.25) is 9.89 Å². The molecule has 2 unspecified atom stereocenters. The lowest BCUT2D eigenvalue weighted by Crippen LogP contribution is -2.42. The Balaban J connectivity index is 0.00000300. The summed E-state index contributed by atoms with van der Waals surface area (Å²) < 4.78 is 5.55. The highest BCUT2D eigenvalue weighted by atomic mass is 127. The summed E-state index contributed by atoms with van der Waals surface area (Å²) >= 11 is 0. The zero-order valence-electron chi connectivity index (χ0n) is 18.3. The van der Waals surface area contributed by atoms with E-state index >= 15 is 0 Å². The standard InChI is InChI=1S/C23H38N4O.HI/c1-4-24-23(26(3)17-20-12-15-28-18-20)25-16-22(21-8-6-5-7-9-21)27-13-10-19(2)11-14-27;/h5-9,19-20,22H,4,10-18H2,1-3H3,(H,24,25);1H. The molecule has 3 rings (SSSR count). The largest absolute Gasteiger partial charge is 0.381 e. The van der Waals surface area contributed by atoms with Crippen LogP contribution in [0.5, 0.6) is 0 Å². The molecule has 29 heavy (non-hydrogen) atoms. The number of hydrogen-bond acceptors (Lipinski definition) is 3. The Kier molecular flexibility index (Phi) is 10.7. The number of nitrogens with zero attached hydrogens (tertiary/aromatic N) is 3. The number of rotatable bonds is 7. The van der Waals surface area contributed by atoms with Crippen LogP contribution in [0, 0.1) is 11.8 Å². The van der Waals surface area contributed by atoms with Gasteiger partial charge in [0.2, 0.25) is 0 Å². The maximum atomic E-state index is 5.55. The highest BCUT2D eigenvalue weighted by molar-refractivity contribution is 14.0. The van der Waals surface area contributed by atoms with E-state index in [0.29, 0.717) is 12.0 Å². The predicted octanol–water partition coefficient (Wildman–Crippen LogP) is 4.01. The smallest absolute Gasteiger partial charge is 0.193 e. The molecule has 2 aliphatic heterocycles. The van der Waals surface area contributed by atoms with Gasteiger partial charge in [0.05, 0.1) is 19.2 Å². The normalized spacial score (nSPS) is 22.2. The fourth-order valence-corrected chi connectivity index (χ4v) is 4.29. The zero-order chi connectivity index (χ0) is 19.8. The molecule has 0 amide bonds. The van der Waals surface area contributed by atoms with Crippen molar-refractivity contribution in [3.8, 4) is 0 Å². The Morgan fingerprint density at radius 2 is 1.97 bits per heavy atom. The molecule has 5 nitrogen and oxygen atoms in total. The summed E-state index contributed by atoms with van der Waals surface area (Å²) in [6, 6.07) is 11.3. The van der Waals surface area contributed by atoms with Gasteiger partial charge in [0.25, 0.3) is 0 Å². The van der Waals surface area contributed by atoms with Gasteiger partial charge in [0.15, 0.2) is 5.96 Å². The van der Waals surface area contributed by atoms with Gasteiger partial charge >= 0.3 is 0 Å². The molecule has 2 fully saturated rings. The number of guanidine groups is 1. The maximum absolute atomic E-state index is 5.55. The number of ether oxygens (including phenoxy) is 1. The quantitative estimate of drug-likeness (QED) is 0.339. The number of piperidine rings is 1. The van der Waals surface area contributed by atoms with Crippen LogP contribution in [0.4, 0.5) is 0 Å². The third-order valence-electron chi connectivity index (χ3n) is 6.11. The van der Waals surface area contributed by atoms with Crippen molar-refractivity contribution >= 4 is 29.9 Å². The van der Waals surface area contributed by atoms with E-state index in [1.807, 2.05) is 0 Å². The van der Waals surface area contributed by atoms with E-state index < -0.39 is 0 Å². The molecule has 0 aromatic heterocycles. The first kappa shape index (κ1) is 24.4. The summed E-state index contributed by atoms with van der Waals surface area (Å²) in [5.74, 6) is 2.47. The highest BCUT2D eigenvalue weighted by Gasteiger charge is 2.25. The van der Waals surface area contributed by atoms with Crippen molar-refractivity contribution in [2.45, 2.75) is 39.2 Å². The van der Waals surface area contributed by atoms with Gasteiger partial charge in [-0.15, -0.1) is 24.0 Å². The first-order valence-electron chi connectivity index (χ1n) is 11.0. The first-order valence-corrected chi connectivity index (χ1v) is 11.0. The van der Waals surface area contributed by atoms with Crippen LogP contribution in [0.25, 0.3) is 0 Å². The molecule has 2 saturated heterocycles. The van der Waals surface area contributed by atoms with Crippen LogP contribution in [0.3, 0.4) is 0 Å². The molecular weight excluding hydrogens is 475 g/mol. The number of nitrogens with one attached hydrogen (secondary N) is 1. The van der Waals surface area contributed by atoms with Gasteiger partial charge < -0.3 is 15.0 Å². The van der Waals surface area contributed by atoms with Gasteiger partial charge in [0.1, 0.15) is 0 Å². The lowest BCUT2D eigenvalue weighted by Gasteiger charge is -2.36. The van der Waals surface area contributed by atoms with Crippen LogP contribution in [0.1, 0.15) is 44.7 Å². The Labute approximate surface area is 194 Å². The van der Waals surface area contributed by atoms with Crippen molar-refractivity contribution in [3.63, 3.8) is 0 Å². The third-order valence-corrected chi connectivity index (χ3v) is 6.11. The Bertz CT molecular complexity index is 598. The first-order chi connectivity index (χ1) is 13.7.